The smallest absolute Gasteiger partial charge is 0.216 e. The van der Waals surface area contributed by atoms with Crippen LogP contribution >= 0.6 is 0 Å². The molecular formula is C38H42NO+. The summed E-state index contributed by atoms with van der Waals surface area (Å²) < 4.78 is 18.8. The van der Waals surface area contributed by atoms with Crippen molar-refractivity contribution in [3.63, 3.8) is 0 Å². The molecule has 2 heterocycles. The molecule has 0 unspecified atom stereocenters. The fourth-order valence-electron chi connectivity index (χ4n) is 7.58. The Kier molecular flexibility index (Phi) is 5.53. The molecule has 0 spiro atoms. The number of hydrogen-bond acceptors (Lipinski definition) is 1. The van der Waals surface area contributed by atoms with Crippen molar-refractivity contribution in [1.82, 2.24) is 0 Å². The minimum absolute atomic E-state index is 0.0678. The Morgan fingerprint density at radius 3 is 2.38 bits per heavy atom. The summed E-state index contributed by atoms with van der Waals surface area (Å²) in [5.74, 6) is -0.515. The zero-order valence-electron chi connectivity index (χ0n) is 25.9. The highest BCUT2D eigenvalue weighted by Gasteiger charge is 2.40. The molecule has 2 aromatic heterocycles. The Morgan fingerprint density at radius 1 is 0.850 bits per heavy atom. The van der Waals surface area contributed by atoms with E-state index in [0.717, 1.165) is 77.3 Å². The quantitative estimate of drug-likeness (QED) is 0.213. The van der Waals surface area contributed by atoms with Crippen LogP contribution in [0.3, 0.4) is 0 Å². The van der Waals surface area contributed by atoms with E-state index >= 15 is 0 Å². The summed E-state index contributed by atoms with van der Waals surface area (Å²) in [4.78, 5) is 0. The maximum Gasteiger partial charge on any atom is 0.216 e. The molecule has 5 aromatic rings. The number of fused-ring (bicyclic) bond motifs is 4. The summed E-state index contributed by atoms with van der Waals surface area (Å²) >= 11 is 0. The van der Waals surface area contributed by atoms with Crippen molar-refractivity contribution >= 4 is 21.9 Å². The molecule has 1 fully saturated rings. The zero-order valence-corrected chi connectivity index (χ0v) is 24.9. The normalized spacial score (nSPS) is 19.6. The molecule has 1 saturated carbocycles. The average Bonchev–Trinajstić information content (AvgIpc) is 3.56. The number of aromatic nitrogens is 1. The van der Waals surface area contributed by atoms with E-state index in [9.17, 15) is 1.37 Å². The topological polar surface area (TPSA) is 17.0 Å². The molecular weight excluding hydrogens is 486 g/mol. The second-order valence-electron chi connectivity index (χ2n) is 13.6. The van der Waals surface area contributed by atoms with Crippen molar-refractivity contribution in [2.24, 2.45) is 7.05 Å². The molecule has 40 heavy (non-hydrogen) atoms. The highest BCUT2D eigenvalue weighted by Crippen LogP contribution is 2.52. The molecule has 0 amide bonds. The maximum absolute atomic E-state index is 9.72. The molecule has 0 atom stereocenters. The van der Waals surface area contributed by atoms with Gasteiger partial charge in [-0.3, -0.25) is 0 Å². The van der Waals surface area contributed by atoms with Gasteiger partial charge in [0.25, 0.3) is 0 Å². The number of furan rings is 1. The fraction of sp³-hybridized carbons (Fsp3) is 0.395. The van der Waals surface area contributed by atoms with Crippen LogP contribution < -0.4 is 4.57 Å². The Labute approximate surface area is 240 Å². The molecule has 0 aliphatic heterocycles. The van der Waals surface area contributed by atoms with E-state index in [0.29, 0.717) is 0 Å². The first-order chi connectivity index (χ1) is 19.5. The summed E-state index contributed by atoms with van der Waals surface area (Å²) in [6, 6.07) is 22.2. The van der Waals surface area contributed by atoms with Gasteiger partial charge < -0.3 is 4.42 Å². The van der Waals surface area contributed by atoms with Crippen molar-refractivity contribution in [2.75, 3.05) is 0 Å². The van der Waals surface area contributed by atoms with Crippen LogP contribution in [0.5, 0.6) is 0 Å². The van der Waals surface area contributed by atoms with Gasteiger partial charge in [-0.05, 0) is 83.2 Å². The Balaban J connectivity index is 1.53. The SMILES string of the molecule is [2H]C1(c2cc(-c3cccc4c3oc3c(-c5cccc[n+]5C)c(C)ccc34)cc3c2C(C)(C)CCC3(C)C)CCCC1. The molecule has 2 aliphatic carbocycles. The minimum Gasteiger partial charge on any atom is -0.454 e. The average molecular weight is 530 g/mol. The predicted octanol–water partition coefficient (Wildman–Crippen LogP) is 10.1. The van der Waals surface area contributed by atoms with E-state index in [1.165, 1.54) is 27.8 Å². The minimum atomic E-state index is -0.515. The van der Waals surface area contributed by atoms with E-state index in [1.807, 2.05) is 0 Å². The van der Waals surface area contributed by atoms with Crippen LogP contribution in [0.2, 0.25) is 0 Å². The van der Waals surface area contributed by atoms with Gasteiger partial charge in [-0.1, -0.05) is 83.0 Å². The molecule has 0 radical (unpaired) electrons. The first-order valence-corrected chi connectivity index (χ1v) is 15.1. The fourth-order valence-corrected chi connectivity index (χ4v) is 7.58. The molecule has 2 aliphatic rings. The van der Waals surface area contributed by atoms with Gasteiger partial charge in [0.05, 0.1) is 5.56 Å². The van der Waals surface area contributed by atoms with Crippen LogP contribution in [0, 0.1) is 6.92 Å². The summed E-state index contributed by atoms with van der Waals surface area (Å²) in [5, 5.41) is 2.30. The number of para-hydroxylation sites is 1. The molecule has 3 aromatic carbocycles. The van der Waals surface area contributed by atoms with Crippen molar-refractivity contribution in [2.45, 2.75) is 89.9 Å². The van der Waals surface area contributed by atoms with Gasteiger partial charge in [-0.2, -0.15) is 0 Å². The third kappa shape index (κ3) is 3.86. The van der Waals surface area contributed by atoms with E-state index in [2.05, 4.69) is 113 Å². The number of aryl methyl sites for hydroxylation is 2. The van der Waals surface area contributed by atoms with Crippen LogP contribution in [0.15, 0.2) is 71.3 Å². The highest BCUT2D eigenvalue weighted by molar-refractivity contribution is 6.13. The van der Waals surface area contributed by atoms with Crippen LogP contribution in [0.4, 0.5) is 0 Å². The Bertz CT molecular complexity index is 1830. The molecule has 0 N–H and O–H groups in total. The van der Waals surface area contributed by atoms with Gasteiger partial charge >= 0.3 is 0 Å². The van der Waals surface area contributed by atoms with Crippen molar-refractivity contribution in [3.8, 4) is 22.4 Å². The Morgan fingerprint density at radius 2 is 1.60 bits per heavy atom. The van der Waals surface area contributed by atoms with E-state index in [4.69, 9.17) is 4.42 Å². The zero-order chi connectivity index (χ0) is 28.7. The first kappa shape index (κ1) is 24.4. The molecule has 0 saturated heterocycles. The van der Waals surface area contributed by atoms with Crippen LogP contribution in [0.25, 0.3) is 44.3 Å². The van der Waals surface area contributed by atoms with Gasteiger partial charge in [0.1, 0.15) is 18.2 Å². The monoisotopic (exact) mass is 529 g/mol. The number of hydrogen-bond donors (Lipinski definition) is 0. The van der Waals surface area contributed by atoms with E-state index in [1.54, 1.807) is 0 Å². The number of benzene rings is 3. The predicted molar refractivity (Wildman–Crippen MR) is 167 cm³/mol. The molecule has 7 rings (SSSR count). The summed E-state index contributed by atoms with van der Waals surface area (Å²) in [6.07, 6.45) is 8.60. The van der Waals surface area contributed by atoms with E-state index in [-0.39, 0.29) is 10.8 Å². The molecule has 2 heteroatoms. The lowest BCUT2D eigenvalue weighted by Gasteiger charge is -2.44. The van der Waals surface area contributed by atoms with Crippen LogP contribution in [0.1, 0.15) is 95.7 Å². The van der Waals surface area contributed by atoms with E-state index < -0.39 is 5.89 Å². The third-order valence-electron chi connectivity index (χ3n) is 10.0. The second kappa shape index (κ2) is 9.06. The second-order valence-corrected chi connectivity index (χ2v) is 13.6. The Hall–Kier alpha value is -3.39. The first-order valence-electron chi connectivity index (χ1n) is 15.6. The van der Waals surface area contributed by atoms with Crippen molar-refractivity contribution in [1.29, 1.82) is 0 Å². The summed E-state index contributed by atoms with van der Waals surface area (Å²) in [6.45, 7) is 11.8. The lowest BCUT2D eigenvalue weighted by Crippen LogP contribution is -2.35. The highest BCUT2D eigenvalue weighted by atomic mass is 16.3. The summed E-state index contributed by atoms with van der Waals surface area (Å²) in [7, 11) is 2.10. The third-order valence-corrected chi connectivity index (χ3v) is 10.0. The number of rotatable bonds is 3. The lowest BCUT2D eigenvalue weighted by atomic mass is 9.60. The van der Waals surface area contributed by atoms with Crippen molar-refractivity contribution in [3.05, 3.63) is 89.1 Å². The number of pyridine rings is 1. The summed E-state index contributed by atoms with van der Waals surface area (Å²) in [5.41, 5.74) is 12.0. The molecule has 2 nitrogen and oxygen atoms in total. The van der Waals surface area contributed by atoms with Gasteiger partial charge in [0.15, 0.2) is 6.20 Å². The lowest BCUT2D eigenvalue weighted by molar-refractivity contribution is -0.660. The maximum atomic E-state index is 9.72. The largest absolute Gasteiger partial charge is 0.454 e. The molecule has 0 bridgehead atoms. The van der Waals surface area contributed by atoms with Gasteiger partial charge in [-0.15, -0.1) is 0 Å². The van der Waals surface area contributed by atoms with Gasteiger partial charge in [-0.25, -0.2) is 4.57 Å². The van der Waals surface area contributed by atoms with Gasteiger partial charge in [0.2, 0.25) is 5.69 Å². The standard InChI is InChI=1S/C38H42NO/c1-24-17-18-29-28-15-11-14-27(35(28)40-36(29)33(24)32-16-9-10-21-39(32)6)26-22-30(25-12-7-8-13-25)34-31(23-26)37(2,3)19-20-38(34,4)5/h9-11,14-18,21-23,25H,7-8,12-13,19-20H2,1-6H3/q+1/i25D. The van der Waals surface area contributed by atoms with Crippen LogP contribution in [-0.4, -0.2) is 0 Å². The number of nitrogens with zero attached hydrogens (tertiary/aromatic N) is 1. The van der Waals surface area contributed by atoms with Crippen molar-refractivity contribution < 1.29 is 10.4 Å². The van der Waals surface area contributed by atoms with Gasteiger partial charge in [0, 0.05) is 29.8 Å². The van der Waals surface area contributed by atoms with Crippen LogP contribution in [-0.2, 0) is 17.9 Å². The molecule has 204 valence electrons.